The quantitative estimate of drug-likeness (QED) is 0.869. The molecule has 0 saturated carbocycles. The number of furan rings is 1. The Hall–Kier alpha value is -0.840. The highest BCUT2D eigenvalue weighted by Gasteiger charge is 2.26. The first-order chi connectivity index (χ1) is 9.60. The Morgan fingerprint density at radius 1 is 1.45 bits per heavy atom. The van der Waals surface area contributed by atoms with Crippen molar-refractivity contribution >= 4 is 0 Å². The molecule has 20 heavy (non-hydrogen) atoms. The van der Waals surface area contributed by atoms with Crippen molar-refractivity contribution in [1.82, 2.24) is 10.2 Å². The van der Waals surface area contributed by atoms with Gasteiger partial charge in [0.1, 0.15) is 5.76 Å². The smallest absolute Gasteiger partial charge is 0.122 e. The van der Waals surface area contributed by atoms with Gasteiger partial charge in [-0.25, -0.2) is 0 Å². The normalized spacial score (nSPS) is 24.4. The lowest BCUT2D eigenvalue weighted by Gasteiger charge is -2.37. The van der Waals surface area contributed by atoms with Crippen molar-refractivity contribution in [2.45, 2.75) is 65.4 Å². The van der Waals surface area contributed by atoms with Crippen molar-refractivity contribution < 1.29 is 9.15 Å². The third-order valence-electron chi connectivity index (χ3n) is 3.94. The zero-order valence-electron chi connectivity index (χ0n) is 13.2. The van der Waals surface area contributed by atoms with Crippen molar-refractivity contribution in [3.63, 3.8) is 0 Å². The van der Waals surface area contributed by atoms with Crippen LogP contribution in [0.25, 0.3) is 0 Å². The minimum Gasteiger partial charge on any atom is -0.468 e. The summed E-state index contributed by atoms with van der Waals surface area (Å²) in [6, 6.07) is 3.07. The highest BCUT2D eigenvalue weighted by atomic mass is 16.5. The van der Waals surface area contributed by atoms with E-state index in [1.165, 1.54) is 5.56 Å². The lowest BCUT2D eigenvalue weighted by Crippen LogP contribution is -2.47. The first-order valence-electron chi connectivity index (χ1n) is 7.74. The zero-order chi connectivity index (χ0) is 14.5. The number of nitrogens with one attached hydrogen (secondary N) is 1. The predicted octanol–water partition coefficient (Wildman–Crippen LogP) is 2.78. The fourth-order valence-corrected chi connectivity index (χ4v) is 2.64. The summed E-state index contributed by atoms with van der Waals surface area (Å²) in [5.74, 6) is 1.09. The highest BCUT2D eigenvalue weighted by molar-refractivity contribution is 5.17. The van der Waals surface area contributed by atoms with Gasteiger partial charge < -0.3 is 14.5 Å². The van der Waals surface area contributed by atoms with Crippen LogP contribution < -0.4 is 5.32 Å². The summed E-state index contributed by atoms with van der Waals surface area (Å²) in [4.78, 5) is 2.49. The molecule has 0 aromatic carbocycles. The second-order valence-corrected chi connectivity index (χ2v) is 6.04. The molecule has 1 aromatic rings. The van der Waals surface area contributed by atoms with E-state index in [2.05, 4.69) is 44.0 Å². The Morgan fingerprint density at radius 3 is 2.95 bits per heavy atom. The van der Waals surface area contributed by atoms with E-state index in [1.54, 1.807) is 6.26 Å². The SMILES string of the molecule is CCC1COC(C)CN1Cc1occc1CNC(C)C. The Morgan fingerprint density at radius 2 is 2.25 bits per heavy atom. The summed E-state index contributed by atoms with van der Waals surface area (Å²) in [5, 5.41) is 3.46. The lowest BCUT2D eigenvalue weighted by molar-refractivity contribution is -0.0611. The number of nitrogens with zero attached hydrogens (tertiary/aromatic N) is 1. The van der Waals surface area contributed by atoms with Crippen LogP contribution in [-0.4, -0.2) is 36.2 Å². The van der Waals surface area contributed by atoms with Crippen molar-refractivity contribution in [1.29, 1.82) is 0 Å². The van der Waals surface area contributed by atoms with Crippen LogP contribution in [0, 0.1) is 0 Å². The van der Waals surface area contributed by atoms with Crippen molar-refractivity contribution in [2.75, 3.05) is 13.2 Å². The molecule has 1 fully saturated rings. The fourth-order valence-electron chi connectivity index (χ4n) is 2.64. The van der Waals surface area contributed by atoms with Gasteiger partial charge in [0.25, 0.3) is 0 Å². The third kappa shape index (κ3) is 4.08. The molecule has 0 radical (unpaired) electrons. The van der Waals surface area contributed by atoms with Crippen LogP contribution >= 0.6 is 0 Å². The van der Waals surface area contributed by atoms with Gasteiger partial charge in [0, 0.05) is 30.7 Å². The van der Waals surface area contributed by atoms with Crippen LogP contribution in [0.1, 0.15) is 45.4 Å². The van der Waals surface area contributed by atoms with Crippen LogP contribution in [0.3, 0.4) is 0 Å². The molecule has 1 saturated heterocycles. The molecule has 2 unspecified atom stereocenters. The minimum atomic E-state index is 0.310. The van der Waals surface area contributed by atoms with E-state index in [0.29, 0.717) is 18.2 Å². The Labute approximate surface area is 122 Å². The first kappa shape index (κ1) is 15.5. The molecule has 1 N–H and O–H groups in total. The topological polar surface area (TPSA) is 37.6 Å². The molecule has 2 heterocycles. The maximum absolute atomic E-state index is 5.76. The van der Waals surface area contributed by atoms with Gasteiger partial charge in [-0.05, 0) is 19.4 Å². The molecule has 2 rings (SSSR count). The molecule has 1 aromatic heterocycles. The Balaban J connectivity index is 1.99. The predicted molar refractivity (Wildman–Crippen MR) is 80.6 cm³/mol. The van der Waals surface area contributed by atoms with Crippen molar-refractivity contribution in [3.05, 3.63) is 23.7 Å². The Bertz CT molecular complexity index is 403. The standard InChI is InChI=1S/C16H28N2O2/c1-5-15-11-20-13(4)9-18(15)10-16-14(6-7-19-16)8-17-12(2)3/h6-7,12-13,15,17H,5,8-11H2,1-4H3. The fraction of sp³-hybridized carbons (Fsp3) is 0.750. The number of hydrogen-bond acceptors (Lipinski definition) is 4. The molecule has 4 nitrogen and oxygen atoms in total. The van der Waals surface area contributed by atoms with Crippen LogP contribution in [0.5, 0.6) is 0 Å². The second-order valence-electron chi connectivity index (χ2n) is 6.04. The third-order valence-corrected chi connectivity index (χ3v) is 3.94. The number of rotatable bonds is 6. The summed E-state index contributed by atoms with van der Waals surface area (Å²) < 4.78 is 11.5. The molecule has 1 aliphatic rings. The molecule has 0 spiro atoms. The molecule has 2 atom stereocenters. The molecule has 0 amide bonds. The van der Waals surface area contributed by atoms with E-state index >= 15 is 0 Å². The monoisotopic (exact) mass is 280 g/mol. The van der Waals surface area contributed by atoms with E-state index in [0.717, 1.165) is 38.4 Å². The van der Waals surface area contributed by atoms with E-state index in [9.17, 15) is 0 Å². The summed E-state index contributed by atoms with van der Waals surface area (Å²) >= 11 is 0. The maximum Gasteiger partial charge on any atom is 0.122 e. The van der Waals surface area contributed by atoms with Crippen LogP contribution in [0.15, 0.2) is 16.7 Å². The van der Waals surface area contributed by atoms with Gasteiger partial charge in [0.2, 0.25) is 0 Å². The van der Waals surface area contributed by atoms with Gasteiger partial charge in [-0.3, -0.25) is 4.90 Å². The van der Waals surface area contributed by atoms with Crippen LogP contribution in [0.4, 0.5) is 0 Å². The number of hydrogen-bond donors (Lipinski definition) is 1. The maximum atomic E-state index is 5.76. The average molecular weight is 280 g/mol. The van der Waals surface area contributed by atoms with Gasteiger partial charge in [-0.1, -0.05) is 20.8 Å². The van der Waals surface area contributed by atoms with Crippen LogP contribution in [0.2, 0.25) is 0 Å². The Kier molecular flexibility index (Phi) is 5.64. The lowest BCUT2D eigenvalue weighted by atomic mass is 10.1. The minimum absolute atomic E-state index is 0.310. The van der Waals surface area contributed by atoms with E-state index in [-0.39, 0.29) is 0 Å². The van der Waals surface area contributed by atoms with Gasteiger partial charge >= 0.3 is 0 Å². The average Bonchev–Trinajstić information content (AvgIpc) is 2.84. The van der Waals surface area contributed by atoms with Gasteiger partial charge in [0.05, 0.1) is 25.5 Å². The molecule has 0 aliphatic carbocycles. The molecular formula is C16H28N2O2. The summed E-state index contributed by atoms with van der Waals surface area (Å²) in [6.07, 6.45) is 3.23. The van der Waals surface area contributed by atoms with Crippen molar-refractivity contribution in [3.8, 4) is 0 Å². The summed E-state index contributed by atoms with van der Waals surface area (Å²) in [6.45, 7) is 12.3. The van der Waals surface area contributed by atoms with Gasteiger partial charge in [0.15, 0.2) is 0 Å². The molecular weight excluding hydrogens is 252 g/mol. The first-order valence-corrected chi connectivity index (χ1v) is 7.74. The largest absolute Gasteiger partial charge is 0.468 e. The number of ether oxygens (including phenoxy) is 1. The summed E-state index contributed by atoms with van der Waals surface area (Å²) in [7, 11) is 0. The van der Waals surface area contributed by atoms with Gasteiger partial charge in [-0.15, -0.1) is 0 Å². The highest BCUT2D eigenvalue weighted by Crippen LogP contribution is 2.20. The molecule has 4 heteroatoms. The van der Waals surface area contributed by atoms with E-state index in [4.69, 9.17) is 9.15 Å². The van der Waals surface area contributed by atoms with Crippen molar-refractivity contribution in [2.24, 2.45) is 0 Å². The second kappa shape index (κ2) is 7.25. The van der Waals surface area contributed by atoms with Crippen LogP contribution in [-0.2, 0) is 17.8 Å². The zero-order valence-corrected chi connectivity index (χ0v) is 13.2. The number of morpholine rings is 1. The summed E-state index contributed by atoms with van der Waals surface area (Å²) in [5.41, 5.74) is 1.27. The molecule has 1 aliphatic heterocycles. The molecule has 0 bridgehead atoms. The van der Waals surface area contributed by atoms with E-state index < -0.39 is 0 Å². The van der Waals surface area contributed by atoms with Gasteiger partial charge in [-0.2, -0.15) is 0 Å². The molecule has 114 valence electrons. The van der Waals surface area contributed by atoms with E-state index in [1.807, 2.05) is 0 Å².